The molecule has 0 aliphatic heterocycles. The second-order valence-electron chi connectivity index (χ2n) is 5.70. The molecule has 1 heterocycles. The standard InChI is InChI=1S/C15H24N4O/c1-3-4-11-5-7-12(8-6-11)19(2)14-10-17-9-13(18-14)15(16)20/h9-12H,3-8H2,1-2H3,(H2,16,20). The number of amides is 1. The minimum absolute atomic E-state index is 0.231. The minimum Gasteiger partial charge on any atom is -0.364 e. The molecule has 5 heteroatoms. The van der Waals surface area contributed by atoms with E-state index in [1.54, 1.807) is 6.20 Å². The summed E-state index contributed by atoms with van der Waals surface area (Å²) in [5.41, 5.74) is 5.48. The fourth-order valence-corrected chi connectivity index (χ4v) is 3.06. The number of hydrogen-bond acceptors (Lipinski definition) is 4. The molecule has 1 saturated carbocycles. The van der Waals surface area contributed by atoms with Crippen LogP contribution in [-0.4, -0.2) is 29.0 Å². The highest BCUT2D eigenvalue weighted by atomic mass is 16.1. The summed E-state index contributed by atoms with van der Waals surface area (Å²) in [5.74, 6) is 1.09. The molecule has 1 aromatic rings. The van der Waals surface area contributed by atoms with Crippen molar-refractivity contribution in [3.8, 4) is 0 Å². The summed E-state index contributed by atoms with van der Waals surface area (Å²) in [4.78, 5) is 21.7. The lowest BCUT2D eigenvalue weighted by molar-refractivity contribution is 0.0995. The van der Waals surface area contributed by atoms with Crippen molar-refractivity contribution in [2.75, 3.05) is 11.9 Å². The van der Waals surface area contributed by atoms with Crippen LogP contribution in [0.15, 0.2) is 12.4 Å². The molecule has 2 N–H and O–H groups in total. The van der Waals surface area contributed by atoms with Crippen LogP contribution < -0.4 is 10.6 Å². The molecule has 1 aromatic heterocycles. The van der Waals surface area contributed by atoms with E-state index in [9.17, 15) is 4.79 Å². The van der Waals surface area contributed by atoms with Crippen LogP contribution in [0.1, 0.15) is 55.9 Å². The zero-order valence-electron chi connectivity index (χ0n) is 12.4. The average molecular weight is 276 g/mol. The first-order valence-electron chi connectivity index (χ1n) is 7.46. The van der Waals surface area contributed by atoms with E-state index in [2.05, 4.69) is 21.8 Å². The van der Waals surface area contributed by atoms with Gasteiger partial charge in [0.2, 0.25) is 0 Å². The van der Waals surface area contributed by atoms with Crippen LogP contribution in [0.25, 0.3) is 0 Å². The van der Waals surface area contributed by atoms with Crippen LogP contribution >= 0.6 is 0 Å². The Kier molecular flexibility index (Phi) is 4.93. The molecule has 0 bridgehead atoms. The molecule has 0 aromatic carbocycles. The van der Waals surface area contributed by atoms with Crippen molar-refractivity contribution in [1.29, 1.82) is 0 Å². The van der Waals surface area contributed by atoms with Gasteiger partial charge in [0.05, 0.1) is 12.4 Å². The van der Waals surface area contributed by atoms with Gasteiger partial charge < -0.3 is 10.6 Å². The molecular weight excluding hydrogens is 252 g/mol. The predicted molar refractivity (Wildman–Crippen MR) is 79.6 cm³/mol. The monoisotopic (exact) mass is 276 g/mol. The van der Waals surface area contributed by atoms with Gasteiger partial charge in [0.1, 0.15) is 11.5 Å². The molecule has 5 nitrogen and oxygen atoms in total. The summed E-state index contributed by atoms with van der Waals surface area (Å²) in [6, 6.07) is 0.487. The Labute approximate surface area is 120 Å². The highest BCUT2D eigenvalue weighted by Gasteiger charge is 2.24. The Bertz CT molecular complexity index is 455. The second-order valence-corrected chi connectivity index (χ2v) is 5.70. The fraction of sp³-hybridized carbons (Fsp3) is 0.667. The van der Waals surface area contributed by atoms with Crippen LogP contribution in [0.5, 0.6) is 0 Å². The van der Waals surface area contributed by atoms with E-state index in [0.717, 1.165) is 11.7 Å². The van der Waals surface area contributed by atoms with Gasteiger partial charge in [-0.2, -0.15) is 0 Å². The first-order chi connectivity index (χ1) is 9.61. The minimum atomic E-state index is -0.528. The second kappa shape index (κ2) is 6.68. The molecule has 2 rings (SSSR count). The van der Waals surface area contributed by atoms with E-state index in [1.807, 2.05) is 7.05 Å². The molecule has 0 atom stereocenters. The van der Waals surface area contributed by atoms with Crippen LogP contribution in [0, 0.1) is 5.92 Å². The van der Waals surface area contributed by atoms with Crippen molar-refractivity contribution < 1.29 is 4.79 Å². The van der Waals surface area contributed by atoms with Crippen molar-refractivity contribution in [2.45, 2.75) is 51.5 Å². The molecule has 1 amide bonds. The molecule has 0 unspecified atom stereocenters. The number of rotatable bonds is 5. The molecule has 1 aliphatic carbocycles. The lowest BCUT2D eigenvalue weighted by Gasteiger charge is -2.35. The molecule has 20 heavy (non-hydrogen) atoms. The first-order valence-corrected chi connectivity index (χ1v) is 7.46. The highest BCUT2D eigenvalue weighted by Crippen LogP contribution is 2.31. The number of carbonyl (C=O) groups is 1. The Morgan fingerprint density at radius 2 is 2.05 bits per heavy atom. The third-order valence-corrected chi connectivity index (χ3v) is 4.30. The molecule has 110 valence electrons. The molecule has 1 aliphatic rings. The van der Waals surface area contributed by atoms with Gasteiger partial charge in [-0.25, -0.2) is 4.98 Å². The third kappa shape index (κ3) is 3.46. The van der Waals surface area contributed by atoms with Crippen LogP contribution in [-0.2, 0) is 0 Å². The third-order valence-electron chi connectivity index (χ3n) is 4.30. The van der Waals surface area contributed by atoms with Crippen molar-refractivity contribution in [3.05, 3.63) is 18.1 Å². The summed E-state index contributed by atoms with van der Waals surface area (Å²) in [6.45, 7) is 2.25. The Morgan fingerprint density at radius 1 is 1.35 bits per heavy atom. The van der Waals surface area contributed by atoms with Crippen molar-refractivity contribution in [2.24, 2.45) is 11.7 Å². The largest absolute Gasteiger partial charge is 0.364 e. The summed E-state index contributed by atoms with van der Waals surface area (Å²) in [7, 11) is 2.03. The number of nitrogens with two attached hydrogens (primary N) is 1. The maximum absolute atomic E-state index is 11.2. The normalized spacial score (nSPS) is 22.5. The van der Waals surface area contributed by atoms with E-state index in [0.29, 0.717) is 6.04 Å². The van der Waals surface area contributed by atoms with Crippen LogP contribution in [0.2, 0.25) is 0 Å². The Balaban J connectivity index is 1.99. The molecular formula is C15H24N4O. The number of anilines is 1. The average Bonchev–Trinajstić information content (AvgIpc) is 2.48. The van der Waals surface area contributed by atoms with Gasteiger partial charge in [-0.1, -0.05) is 19.8 Å². The quantitative estimate of drug-likeness (QED) is 0.896. The van der Waals surface area contributed by atoms with E-state index in [1.165, 1.54) is 44.7 Å². The van der Waals surface area contributed by atoms with Crippen molar-refractivity contribution in [3.63, 3.8) is 0 Å². The molecule has 0 saturated heterocycles. The van der Waals surface area contributed by atoms with E-state index < -0.39 is 5.91 Å². The van der Waals surface area contributed by atoms with Gasteiger partial charge in [-0.3, -0.25) is 9.78 Å². The summed E-state index contributed by atoms with van der Waals surface area (Å²) in [5, 5.41) is 0. The summed E-state index contributed by atoms with van der Waals surface area (Å²) >= 11 is 0. The predicted octanol–water partition coefficient (Wildman–Crippen LogP) is 2.37. The van der Waals surface area contributed by atoms with Crippen LogP contribution in [0.4, 0.5) is 5.82 Å². The zero-order chi connectivity index (χ0) is 14.5. The smallest absolute Gasteiger partial charge is 0.268 e. The van der Waals surface area contributed by atoms with Gasteiger partial charge in [-0.05, 0) is 31.6 Å². The maximum Gasteiger partial charge on any atom is 0.268 e. The topological polar surface area (TPSA) is 72.1 Å². The van der Waals surface area contributed by atoms with Crippen LogP contribution in [0.3, 0.4) is 0 Å². The van der Waals surface area contributed by atoms with Gasteiger partial charge >= 0.3 is 0 Å². The summed E-state index contributed by atoms with van der Waals surface area (Å²) in [6.07, 6.45) is 10.7. The molecule has 1 fully saturated rings. The number of primary amides is 1. The van der Waals surface area contributed by atoms with E-state index in [4.69, 9.17) is 5.73 Å². The van der Waals surface area contributed by atoms with Gasteiger partial charge in [0, 0.05) is 13.1 Å². The zero-order valence-corrected chi connectivity index (χ0v) is 12.4. The number of aromatic nitrogens is 2. The van der Waals surface area contributed by atoms with Gasteiger partial charge in [0.15, 0.2) is 0 Å². The van der Waals surface area contributed by atoms with E-state index >= 15 is 0 Å². The number of nitrogens with zero attached hydrogens (tertiary/aromatic N) is 3. The maximum atomic E-state index is 11.2. The lowest BCUT2D eigenvalue weighted by atomic mass is 9.83. The van der Waals surface area contributed by atoms with Crippen molar-refractivity contribution >= 4 is 11.7 Å². The van der Waals surface area contributed by atoms with Crippen molar-refractivity contribution in [1.82, 2.24) is 9.97 Å². The summed E-state index contributed by atoms with van der Waals surface area (Å²) < 4.78 is 0. The highest BCUT2D eigenvalue weighted by molar-refractivity contribution is 5.90. The van der Waals surface area contributed by atoms with Gasteiger partial charge in [-0.15, -0.1) is 0 Å². The SMILES string of the molecule is CCCC1CCC(N(C)c2cncc(C(N)=O)n2)CC1. The lowest BCUT2D eigenvalue weighted by Crippen LogP contribution is -2.36. The number of carbonyl (C=O) groups excluding carboxylic acids is 1. The Hall–Kier alpha value is -1.65. The number of hydrogen-bond donors (Lipinski definition) is 1. The van der Waals surface area contributed by atoms with Gasteiger partial charge in [0.25, 0.3) is 5.91 Å². The first kappa shape index (κ1) is 14.8. The van der Waals surface area contributed by atoms with E-state index in [-0.39, 0.29) is 5.69 Å². The molecule has 0 spiro atoms. The molecule has 0 radical (unpaired) electrons. The fourth-order valence-electron chi connectivity index (χ4n) is 3.06. The Morgan fingerprint density at radius 3 is 2.65 bits per heavy atom.